The van der Waals surface area contributed by atoms with Crippen LogP contribution in [0.1, 0.15) is 22.3 Å². The van der Waals surface area contributed by atoms with Gasteiger partial charge < -0.3 is 15.0 Å². The van der Waals surface area contributed by atoms with Crippen LogP contribution in [0.15, 0.2) is 76.5 Å². The second kappa shape index (κ2) is 10.3. The smallest absolute Gasteiger partial charge is 0.258 e. The lowest BCUT2D eigenvalue weighted by Crippen LogP contribution is -2.18. The second-order valence-corrected chi connectivity index (χ2v) is 11.4. The van der Waals surface area contributed by atoms with Crippen molar-refractivity contribution in [3.63, 3.8) is 0 Å². The number of carbonyl (C=O) groups excluding carboxylic acids is 1. The van der Waals surface area contributed by atoms with Crippen LogP contribution in [0.2, 0.25) is 10.0 Å². The first-order valence-electron chi connectivity index (χ1n) is 11.7. The SMILES string of the molecule is Cc1ccc(S(=O)(=O)c2c(NC(=O)c3ccc(Cl)cc3Cl)n(CCCO)c3nc4ccccc4nc23)cc1. The Kier molecular flexibility index (Phi) is 7.11. The number of aromatic nitrogens is 3. The van der Waals surface area contributed by atoms with E-state index in [1.807, 2.05) is 6.92 Å². The number of para-hydroxylation sites is 2. The molecule has 8 nitrogen and oxygen atoms in total. The Balaban J connectivity index is 1.81. The van der Waals surface area contributed by atoms with Gasteiger partial charge in [0, 0.05) is 18.2 Å². The number of hydrogen-bond donors (Lipinski definition) is 2. The van der Waals surface area contributed by atoms with E-state index in [-0.39, 0.29) is 56.9 Å². The fraction of sp³-hybridized carbons (Fsp3) is 0.148. The number of sulfone groups is 1. The topological polar surface area (TPSA) is 114 Å². The first-order valence-corrected chi connectivity index (χ1v) is 13.9. The molecule has 5 aromatic rings. The third-order valence-corrected chi connectivity index (χ3v) is 8.42. The van der Waals surface area contributed by atoms with Crippen LogP contribution in [0.5, 0.6) is 0 Å². The van der Waals surface area contributed by atoms with E-state index < -0.39 is 15.7 Å². The fourth-order valence-electron chi connectivity index (χ4n) is 4.18. The molecule has 0 saturated carbocycles. The molecule has 11 heteroatoms. The quantitative estimate of drug-likeness (QED) is 0.261. The maximum Gasteiger partial charge on any atom is 0.258 e. The Hall–Kier alpha value is -3.50. The van der Waals surface area contributed by atoms with E-state index in [0.29, 0.717) is 16.1 Å². The summed E-state index contributed by atoms with van der Waals surface area (Å²) in [5, 5.41) is 12.8. The summed E-state index contributed by atoms with van der Waals surface area (Å²) < 4.78 is 29.8. The van der Waals surface area contributed by atoms with Crippen molar-refractivity contribution < 1.29 is 18.3 Å². The number of fused-ring (bicyclic) bond motifs is 2. The Morgan fingerprint density at radius 2 is 1.68 bits per heavy atom. The molecule has 2 N–H and O–H groups in total. The highest BCUT2D eigenvalue weighted by atomic mass is 35.5. The zero-order valence-corrected chi connectivity index (χ0v) is 22.5. The van der Waals surface area contributed by atoms with Gasteiger partial charge in [-0.05, 0) is 55.8 Å². The number of aryl methyl sites for hydroxylation is 2. The maximum absolute atomic E-state index is 14.1. The minimum Gasteiger partial charge on any atom is -0.396 e. The van der Waals surface area contributed by atoms with Crippen LogP contribution in [0.4, 0.5) is 5.82 Å². The molecule has 194 valence electrons. The number of rotatable bonds is 7. The van der Waals surface area contributed by atoms with Gasteiger partial charge >= 0.3 is 0 Å². The molecular formula is C27H22Cl2N4O4S. The lowest BCUT2D eigenvalue weighted by molar-refractivity contribution is 0.102. The lowest BCUT2D eigenvalue weighted by Gasteiger charge is -2.14. The van der Waals surface area contributed by atoms with E-state index in [0.717, 1.165) is 5.56 Å². The molecule has 0 fully saturated rings. The van der Waals surface area contributed by atoms with Gasteiger partial charge in [0.15, 0.2) is 5.65 Å². The van der Waals surface area contributed by atoms with Gasteiger partial charge in [0.05, 0.1) is 26.5 Å². The fourth-order valence-corrected chi connectivity index (χ4v) is 6.21. The van der Waals surface area contributed by atoms with Gasteiger partial charge in [-0.15, -0.1) is 0 Å². The van der Waals surface area contributed by atoms with Crippen LogP contribution in [-0.4, -0.2) is 40.6 Å². The third-order valence-electron chi connectivity index (χ3n) is 6.06. The average molecular weight is 569 g/mol. The van der Waals surface area contributed by atoms with Crippen molar-refractivity contribution in [3.8, 4) is 0 Å². The number of hydrogen-bond acceptors (Lipinski definition) is 6. The van der Waals surface area contributed by atoms with Crippen molar-refractivity contribution in [2.45, 2.75) is 29.7 Å². The normalized spacial score (nSPS) is 11.8. The number of benzene rings is 3. The summed E-state index contributed by atoms with van der Waals surface area (Å²) in [6.07, 6.45) is 0.285. The Bertz CT molecular complexity index is 1800. The maximum atomic E-state index is 14.1. The number of carbonyl (C=O) groups is 1. The summed E-state index contributed by atoms with van der Waals surface area (Å²) in [7, 11) is -4.19. The van der Waals surface area contributed by atoms with E-state index in [1.165, 1.54) is 30.3 Å². The summed E-state index contributed by atoms with van der Waals surface area (Å²) in [5.74, 6) is -0.648. The third kappa shape index (κ3) is 4.74. The van der Waals surface area contributed by atoms with Crippen molar-refractivity contribution >= 4 is 67.0 Å². The minimum absolute atomic E-state index is 0.0136. The predicted octanol–water partition coefficient (Wildman–Crippen LogP) is 5.67. The molecule has 0 atom stereocenters. The van der Waals surface area contributed by atoms with Crippen LogP contribution >= 0.6 is 23.2 Å². The molecule has 0 spiro atoms. The summed E-state index contributed by atoms with van der Waals surface area (Å²) in [6, 6.07) is 17.9. The van der Waals surface area contributed by atoms with Crippen molar-refractivity contribution in [2.75, 3.05) is 11.9 Å². The van der Waals surface area contributed by atoms with Crippen LogP contribution in [0, 0.1) is 6.92 Å². The van der Waals surface area contributed by atoms with Crippen molar-refractivity contribution in [2.24, 2.45) is 0 Å². The summed E-state index contributed by atoms with van der Waals surface area (Å²) in [4.78, 5) is 22.6. The first-order chi connectivity index (χ1) is 18.2. The number of aliphatic hydroxyl groups excluding tert-OH is 1. The van der Waals surface area contributed by atoms with E-state index in [9.17, 15) is 18.3 Å². The number of anilines is 1. The molecule has 5 rings (SSSR count). The van der Waals surface area contributed by atoms with E-state index in [1.54, 1.807) is 41.0 Å². The molecule has 3 aromatic carbocycles. The molecule has 0 radical (unpaired) electrons. The predicted molar refractivity (Wildman–Crippen MR) is 148 cm³/mol. The van der Waals surface area contributed by atoms with Gasteiger partial charge in [0.1, 0.15) is 16.2 Å². The Morgan fingerprint density at radius 1 is 1.00 bits per heavy atom. The van der Waals surface area contributed by atoms with Crippen LogP contribution in [0.3, 0.4) is 0 Å². The van der Waals surface area contributed by atoms with Gasteiger partial charge in [-0.3, -0.25) is 4.79 Å². The highest BCUT2D eigenvalue weighted by molar-refractivity contribution is 7.92. The van der Waals surface area contributed by atoms with Gasteiger partial charge in [-0.1, -0.05) is 53.0 Å². The van der Waals surface area contributed by atoms with E-state index in [2.05, 4.69) is 10.3 Å². The highest BCUT2D eigenvalue weighted by Gasteiger charge is 2.32. The van der Waals surface area contributed by atoms with Crippen LogP contribution < -0.4 is 5.32 Å². The molecular weight excluding hydrogens is 547 g/mol. The highest BCUT2D eigenvalue weighted by Crippen LogP contribution is 2.38. The summed E-state index contributed by atoms with van der Waals surface area (Å²) in [5.41, 5.74) is 2.44. The zero-order valence-electron chi connectivity index (χ0n) is 20.1. The average Bonchev–Trinajstić information content (AvgIpc) is 3.18. The van der Waals surface area contributed by atoms with Gasteiger partial charge in [-0.2, -0.15) is 0 Å². The molecule has 2 aromatic heterocycles. The molecule has 1 amide bonds. The van der Waals surface area contributed by atoms with Crippen molar-refractivity contribution in [1.82, 2.24) is 14.5 Å². The Labute approximate surface area is 228 Å². The zero-order chi connectivity index (χ0) is 27.0. The standard InChI is InChI=1S/C27H22Cl2N4O4S/c1-16-7-10-18(11-8-16)38(36,37)24-23-25(31-22-6-3-2-5-21(22)30-23)33(13-4-14-34)26(24)32-27(35)19-12-9-17(28)15-20(19)29/h2-3,5-12,15,34H,4,13-14H2,1H3,(H,32,35). The van der Waals surface area contributed by atoms with E-state index >= 15 is 0 Å². The molecule has 0 saturated heterocycles. The molecule has 2 heterocycles. The summed E-state index contributed by atoms with van der Waals surface area (Å²) in [6.45, 7) is 1.88. The van der Waals surface area contributed by atoms with Crippen LogP contribution in [0.25, 0.3) is 22.2 Å². The number of nitrogens with one attached hydrogen (secondary N) is 1. The molecule has 0 aliphatic rings. The number of aliphatic hydroxyl groups is 1. The monoisotopic (exact) mass is 568 g/mol. The van der Waals surface area contributed by atoms with Crippen molar-refractivity contribution in [3.05, 3.63) is 87.9 Å². The molecule has 0 aliphatic heterocycles. The number of amides is 1. The van der Waals surface area contributed by atoms with E-state index in [4.69, 9.17) is 28.2 Å². The Morgan fingerprint density at radius 3 is 2.34 bits per heavy atom. The van der Waals surface area contributed by atoms with Crippen molar-refractivity contribution in [1.29, 1.82) is 0 Å². The number of halogens is 2. The van der Waals surface area contributed by atoms with Gasteiger partial charge in [0.25, 0.3) is 5.91 Å². The lowest BCUT2D eigenvalue weighted by atomic mass is 10.2. The molecule has 0 aliphatic carbocycles. The minimum atomic E-state index is -4.19. The molecule has 0 unspecified atom stereocenters. The van der Waals surface area contributed by atoms with Gasteiger partial charge in [0.2, 0.25) is 9.84 Å². The largest absolute Gasteiger partial charge is 0.396 e. The summed E-state index contributed by atoms with van der Waals surface area (Å²) >= 11 is 12.3. The van der Waals surface area contributed by atoms with Crippen LogP contribution in [-0.2, 0) is 16.4 Å². The van der Waals surface area contributed by atoms with Gasteiger partial charge in [-0.25, -0.2) is 18.4 Å². The number of nitrogens with zero attached hydrogens (tertiary/aromatic N) is 3. The first kappa shape index (κ1) is 26.1. The molecule has 0 bridgehead atoms. The molecule has 38 heavy (non-hydrogen) atoms. The second-order valence-electron chi connectivity index (χ2n) is 8.69.